The topological polar surface area (TPSA) is 263 Å². The summed E-state index contributed by atoms with van der Waals surface area (Å²) in [6.45, 7) is -1.05. The normalized spacial score (nSPS) is 17.7. The number of hydrogen-bond acceptors (Lipinski definition) is 8. The van der Waals surface area contributed by atoms with Crippen LogP contribution in [0.5, 0.6) is 0 Å². The van der Waals surface area contributed by atoms with E-state index in [0.717, 1.165) is 0 Å². The number of aliphatic hydroxyl groups is 4. The summed E-state index contributed by atoms with van der Waals surface area (Å²) in [7, 11) is -9.50. The van der Waals surface area contributed by atoms with Crippen molar-refractivity contribution >= 4 is 21.6 Å². The molecule has 0 rings (SSSR count). The van der Waals surface area contributed by atoms with Gasteiger partial charge in [0.2, 0.25) is 0 Å². The molecule has 4 atom stereocenters. The molecule has 0 amide bonds. The highest BCUT2D eigenvalue weighted by atomic mass is 31.2. The maximum absolute atomic E-state index is 10.2. The molecule has 0 unspecified atom stereocenters. The number of aliphatic hydroxyl groups excluding tert-OH is 4. The Morgan fingerprint density at radius 3 is 1.55 bits per heavy atom. The second-order valence-corrected chi connectivity index (χ2v) is 5.90. The smallest absolute Gasteiger partial charge is 0.469 e. The molecule has 0 fully saturated rings. The lowest BCUT2D eigenvalue weighted by Gasteiger charge is -2.24. The molecule has 14 nitrogen and oxygen atoms in total. The number of carboxylic acids is 1. The van der Waals surface area contributed by atoms with Crippen LogP contribution < -0.4 is 0 Å². The van der Waals surface area contributed by atoms with Crippen LogP contribution in [0, 0.1) is 0 Å². The van der Waals surface area contributed by atoms with E-state index in [-0.39, 0.29) is 0 Å². The van der Waals surface area contributed by atoms with Crippen LogP contribution in [-0.2, 0) is 18.4 Å². The minimum atomic E-state index is -4.86. The van der Waals surface area contributed by atoms with Crippen LogP contribution in [0.3, 0.4) is 0 Å². The first-order valence-corrected chi connectivity index (χ1v) is 8.09. The van der Waals surface area contributed by atoms with Gasteiger partial charge in [0, 0.05) is 0 Å². The summed E-state index contributed by atoms with van der Waals surface area (Å²) in [5.41, 5.74) is 0. The Kier molecular flexibility index (Phi) is 10.4. The van der Waals surface area contributed by atoms with E-state index in [1.807, 2.05) is 0 Å². The molecule has 0 bridgehead atoms. The number of aliphatic carboxylic acids is 1. The molecule has 134 valence electrons. The summed E-state index contributed by atoms with van der Waals surface area (Å²) >= 11 is 0. The molecule has 0 saturated heterocycles. The Balaban J connectivity index is 0. The summed E-state index contributed by atoms with van der Waals surface area (Å²) in [5.74, 6) is -1.83. The lowest BCUT2D eigenvalue weighted by Crippen LogP contribution is -2.48. The predicted octanol–water partition coefficient (Wildman–Crippen LogP) is -4.30. The minimum Gasteiger partial charge on any atom is -0.479 e. The molecule has 0 radical (unpaired) electrons. The molecule has 0 aromatic carbocycles. The molecule has 0 spiro atoms. The van der Waals surface area contributed by atoms with Gasteiger partial charge >= 0.3 is 21.6 Å². The summed E-state index contributed by atoms with van der Waals surface area (Å²) in [5, 5.41) is 44.4. The summed E-state index contributed by atoms with van der Waals surface area (Å²) in [4.78, 5) is 48.3. The summed E-state index contributed by atoms with van der Waals surface area (Å²) < 4.78 is 22.9. The van der Waals surface area contributed by atoms with E-state index in [0.29, 0.717) is 0 Å². The van der Waals surface area contributed by atoms with Crippen LogP contribution in [0.4, 0.5) is 0 Å². The van der Waals surface area contributed by atoms with Crippen LogP contribution in [0.1, 0.15) is 0 Å². The lowest BCUT2D eigenvalue weighted by atomic mass is 10.0. The molecular formula is C6H16O14P2. The first kappa shape index (κ1) is 23.8. The van der Waals surface area contributed by atoms with Gasteiger partial charge in [-0.05, 0) is 0 Å². The lowest BCUT2D eigenvalue weighted by molar-refractivity contribution is -0.164. The molecule has 10 N–H and O–H groups in total. The molecule has 0 aromatic rings. The van der Waals surface area contributed by atoms with Crippen LogP contribution in [0.25, 0.3) is 0 Å². The Bertz CT molecular complexity index is 417. The molecule has 0 aliphatic rings. The Morgan fingerprint density at radius 1 is 0.909 bits per heavy atom. The zero-order chi connectivity index (χ0) is 18.3. The summed E-state index contributed by atoms with van der Waals surface area (Å²) in [6, 6.07) is 0. The van der Waals surface area contributed by atoms with Gasteiger partial charge in [-0.15, -0.1) is 0 Å². The third-order valence-electron chi connectivity index (χ3n) is 1.73. The number of carboxylic acid groups (broad SMARTS) is 1. The Morgan fingerprint density at radius 2 is 1.27 bits per heavy atom. The fraction of sp³-hybridized carbons (Fsp3) is 0.833. The molecule has 22 heavy (non-hydrogen) atoms. The van der Waals surface area contributed by atoms with Crippen molar-refractivity contribution in [2.45, 2.75) is 24.4 Å². The van der Waals surface area contributed by atoms with Gasteiger partial charge in [0.15, 0.2) is 6.10 Å². The minimum absolute atomic E-state index is 1.05. The van der Waals surface area contributed by atoms with Crippen molar-refractivity contribution in [3.8, 4) is 0 Å². The van der Waals surface area contributed by atoms with Crippen LogP contribution in [-0.4, -0.2) is 87.0 Å². The first-order chi connectivity index (χ1) is 9.56. The van der Waals surface area contributed by atoms with E-state index in [1.54, 1.807) is 0 Å². The van der Waals surface area contributed by atoms with Crippen molar-refractivity contribution in [3.05, 3.63) is 0 Å². The van der Waals surface area contributed by atoms with Crippen molar-refractivity contribution in [2.75, 3.05) is 6.61 Å². The van der Waals surface area contributed by atoms with E-state index in [4.69, 9.17) is 54.6 Å². The first-order valence-electron chi connectivity index (χ1n) is 4.99. The van der Waals surface area contributed by atoms with Crippen molar-refractivity contribution in [2.24, 2.45) is 0 Å². The van der Waals surface area contributed by atoms with Crippen LogP contribution >= 0.6 is 15.6 Å². The number of hydrogen-bond donors (Lipinski definition) is 10. The highest BCUT2D eigenvalue weighted by molar-refractivity contribution is 7.46. The van der Waals surface area contributed by atoms with Crippen molar-refractivity contribution < 1.29 is 68.4 Å². The van der Waals surface area contributed by atoms with E-state index in [9.17, 15) is 9.36 Å². The van der Waals surface area contributed by atoms with Gasteiger partial charge in [-0.2, -0.15) is 0 Å². The Hall–Kier alpha value is -0.470. The van der Waals surface area contributed by atoms with E-state index in [2.05, 4.69) is 4.52 Å². The largest absolute Gasteiger partial charge is 0.479 e. The van der Waals surface area contributed by atoms with Crippen LogP contribution in [0.15, 0.2) is 0 Å². The van der Waals surface area contributed by atoms with Gasteiger partial charge in [0.1, 0.15) is 18.3 Å². The Labute approximate surface area is 122 Å². The molecule has 0 heterocycles. The van der Waals surface area contributed by atoms with Gasteiger partial charge in [-0.3, -0.25) is 4.52 Å². The van der Waals surface area contributed by atoms with Crippen LogP contribution in [0.2, 0.25) is 0 Å². The van der Waals surface area contributed by atoms with Crippen molar-refractivity contribution in [1.29, 1.82) is 0 Å². The average Bonchev–Trinajstić information content (AvgIpc) is 2.29. The van der Waals surface area contributed by atoms with Gasteiger partial charge in [0.25, 0.3) is 0 Å². The monoisotopic (exact) mass is 374 g/mol. The second-order valence-electron chi connectivity index (χ2n) is 3.63. The maximum Gasteiger partial charge on any atom is 0.469 e. The highest BCUT2D eigenvalue weighted by Gasteiger charge is 2.35. The third-order valence-corrected chi connectivity index (χ3v) is 2.22. The van der Waals surface area contributed by atoms with E-state index < -0.39 is 52.6 Å². The second kappa shape index (κ2) is 9.62. The van der Waals surface area contributed by atoms with Gasteiger partial charge in [-0.25, -0.2) is 13.9 Å². The van der Waals surface area contributed by atoms with E-state index in [1.165, 1.54) is 0 Å². The highest BCUT2D eigenvalue weighted by Crippen LogP contribution is 2.35. The van der Waals surface area contributed by atoms with Gasteiger partial charge < -0.3 is 50.0 Å². The number of phosphoric acid groups is 2. The van der Waals surface area contributed by atoms with Crippen molar-refractivity contribution in [3.63, 3.8) is 0 Å². The predicted molar refractivity (Wildman–Crippen MR) is 63.9 cm³/mol. The molecule has 0 aliphatic heterocycles. The number of rotatable bonds is 7. The fourth-order valence-electron chi connectivity index (χ4n) is 0.833. The van der Waals surface area contributed by atoms with Gasteiger partial charge in [-0.1, -0.05) is 0 Å². The quantitative estimate of drug-likeness (QED) is 0.189. The molecule has 16 heteroatoms. The molecule has 0 saturated carbocycles. The van der Waals surface area contributed by atoms with E-state index >= 15 is 0 Å². The maximum atomic E-state index is 10.2. The van der Waals surface area contributed by atoms with Crippen molar-refractivity contribution in [1.82, 2.24) is 0 Å². The zero-order valence-corrected chi connectivity index (χ0v) is 12.3. The average molecular weight is 374 g/mol. The standard InChI is InChI=1S/C6H13O10P.H3O4P/c7-2(1-16-17(13,14)15)3(8)4(9)5(10)6(11)12;1-5(2,3)4/h2-5,7-10H,1H2,(H,11,12)(H2,13,14,15);(H3,1,2,3,4)/t2-,3-,4+,5-;/m1./s1. The molecule has 0 aromatic heterocycles. The number of carbonyl (C=O) groups is 1. The molecular weight excluding hydrogens is 358 g/mol. The zero-order valence-electron chi connectivity index (χ0n) is 10.5. The third kappa shape index (κ3) is 14.5. The van der Waals surface area contributed by atoms with Gasteiger partial charge in [0.05, 0.1) is 6.61 Å². The summed E-state index contributed by atoms with van der Waals surface area (Å²) in [6.07, 6.45) is -8.71. The molecule has 0 aliphatic carbocycles. The SMILES string of the molecule is O=C(O)[C@H](O)[C@@H](O)[C@H](O)[C@H](O)COP(=O)(O)O.O=P(O)(O)O. The number of phosphoric ester groups is 1. The fourth-order valence-corrected chi connectivity index (χ4v) is 1.18.